The Labute approximate surface area is 210 Å². The third-order valence-electron chi connectivity index (χ3n) is 9.86. The van der Waals surface area contributed by atoms with Gasteiger partial charge in [0.05, 0.1) is 0 Å². The van der Waals surface area contributed by atoms with Crippen molar-refractivity contribution < 1.29 is 14.7 Å². The maximum absolute atomic E-state index is 12.7. The minimum Gasteiger partial charge on any atom is -0.396 e. The lowest BCUT2D eigenvalue weighted by Crippen LogP contribution is -2.44. The van der Waals surface area contributed by atoms with Gasteiger partial charge in [-0.2, -0.15) is 0 Å². The number of unbranched alkanes of at least 4 members (excludes halogenated alkanes) is 1. The van der Waals surface area contributed by atoms with Crippen molar-refractivity contribution >= 4 is 17.3 Å². The van der Waals surface area contributed by atoms with Crippen LogP contribution in [-0.2, 0) is 9.59 Å². The van der Waals surface area contributed by atoms with Crippen LogP contribution in [0.3, 0.4) is 0 Å². The van der Waals surface area contributed by atoms with Crippen molar-refractivity contribution in [3.63, 3.8) is 0 Å². The van der Waals surface area contributed by atoms with Crippen molar-refractivity contribution in [2.24, 2.45) is 23.2 Å². The molecule has 0 saturated heterocycles. The van der Waals surface area contributed by atoms with Crippen LogP contribution in [0.2, 0.25) is 0 Å². The number of hydrogen-bond donors (Lipinski definition) is 1. The molecule has 2 saturated carbocycles. The molecule has 0 heterocycles. The van der Waals surface area contributed by atoms with Gasteiger partial charge < -0.3 is 10.0 Å². The lowest BCUT2D eigenvalue weighted by molar-refractivity contribution is -0.125. The van der Waals surface area contributed by atoms with Crippen LogP contribution in [0.4, 0.5) is 5.69 Å². The van der Waals surface area contributed by atoms with Crippen molar-refractivity contribution in [2.75, 3.05) is 25.1 Å². The lowest BCUT2D eigenvalue weighted by Gasteiger charge is -2.52. The van der Waals surface area contributed by atoms with Gasteiger partial charge in [-0.15, -0.1) is 0 Å². The van der Waals surface area contributed by atoms with Crippen LogP contribution in [0.25, 0.3) is 0 Å². The van der Waals surface area contributed by atoms with E-state index in [1.54, 1.807) is 12.5 Å². The number of rotatable bonds is 7. The highest BCUT2D eigenvalue weighted by Crippen LogP contribution is 2.65. The van der Waals surface area contributed by atoms with Crippen molar-refractivity contribution in [1.82, 2.24) is 0 Å². The van der Waals surface area contributed by atoms with E-state index in [9.17, 15) is 9.59 Å². The van der Waals surface area contributed by atoms with Crippen LogP contribution in [0.5, 0.6) is 0 Å². The van der Waals surface area contributed by atoms with Crippen LogP contribution in [0.1, 0.15) is 83.1 Å². The summed E-state index contributed by atoms with van der Waals surface area (Å²) in [5, 5.41) is 9.09. The number of aliphatic hydroxyl groups is 1. The van der Waals surface area contributed by atoms with Gasteiger partial charge in [-0.05, 0) is 110 Å². The minimum absolute atomic E-state index is 0.0523. The third-order valence-corrected chi connectivity index (χ3v) is 9.86. The fourth-order valence-corrected chi connectivity index (χ4v) is 8.18. The molecular weight excluding hydrogens is 434 g/mol. The summed E-state index contributed by atoms with van der Waals surface area (Å²) in [5.74, 6) is 2.25. The van der Waals surface area contributed by atoms with E-state index >= 15 is 0 Å². The van der Waals surface area contributed by atoms with Gasteiger partial charge in [0.25, 0.3) is 0 Å². The zero-order chi connectivity index (χ0) is 24.7. The SMILES string of the molecule is CC(=O)C1CCC2C3CCC4=CC(=O)CCC4=C3C(c3ccc(N(C)CCCCO)cc3)CC12C. The average Bonchev–Trinajstić information content (AvgIpc) is 3.20. The summed E-state index contributed by atoms with van der Waals surface area (Å²) in [6.45, 7) is 5.39. The molecule has 35 heavy (non-hydrogen) atoms. The van der Waals surface area contributed by atoms with Gasteiger partial charge >= 0.3 is 0 Å². The number of carbonyl (C=O) groups excluding carboxylic acids is 2. The fourth-order valence-electron chi connectivity index (χ4n) is 8.18. The van der Waals surface area contributed by atoms with E-state index in [1.165, 1.54) is 22.4 Å². The van der Waals surface area contributed by atoms with Gasteiger partial charge in [0.1, 0.15) is 5.78 Å². The van der Waals surface area contributed by atoms with Gasteiger partial charge in [-0.3, -0.25) is 9.59 Å². The van der Waals surface area contributed by atoms with Crippen LogP contribution >= 0.6 is 0 Å². The van der Waals surface area contributed by atoms with E-state index in [0.29, 0.717) is 30.0 Å². The zero-order valence-electron chi connectivity index (χ0n) is 21.7. The van der Waals surface area contributed by atoms with Crippen LogP contribution in [-0.4, -0.2) is 36.9 Å². The van der Waals surface area contributed by atoms with Crippen LogP contribution in [0.15, 0.2) is 47.1 Å². The summed E-state index contributed by atoms with van der Waals surface area (Å²) >= 11 is 0. The summed E-state index contributed by atoms with van der Waals surface area (Å²) in [7, 11) is 2.12. The molecule has 0 radical (unpaired) electrons. The van der Waals surface area contributed by atoms with Gasteiger partial charge in [0.15, 0.2) is 5.78 Å². The summed E-state index contributed by atoms with van der Waals surface area (Å²) in [6, 6.07) is 9.09. The molecule has 5 atom stereocenters. The number of Topliss-reactive ketones (excluding diaryl/α,β-unsaturated/α-hetero) is 1. The molecule has 4 aliphatic carbocycles. The fraction of sp³-hybridized carbons (Fsp3) is 0.613. The molecule has 188 valence electrons. The molecule has 2 fully saturated rings. The van der Waals surface area contributed by atoms with Gasteiger partial charge in [-0.25, -0.2) is 0 Å². The second-order valence-corrected chi connectivity index (χ2v) is 11.8. The monoisotopic (exact) mass is 475 g/mol. The Morgan fingerprint density at radius 3 is 2.57 bits per heavy atom. The predicted octanol–water partition coefficient (Wildman–Crippen LogP) is 6.00. The Morgan fingerprint density at radius 1 is 1.09 bits per heavy atom. The first-order valence-corrected chi connectivity index (χ1v) is 13.7. The van der Waals surface area contributed by atoms with Gasteiger partial charge in [0.2, 0.25) is 0 Å². The summed E-state index contributed by atoms with van der Waals surface area (Å²) < 4.78 is 0. The molecule has 0 aromatic heterocycles. The molecule has 5 unspecified atom stereocenters. The van der Waals surface area contributed by atoms with Crippen LogP contribution < -0.4 is 4.90 Å². The topological polar surface area (TPSA) is 57.6 Å². The Kier molecular flexibility index (Phi) is 6.78. The highest BCUT2D eigenvalue weighted by atomic mass is 16.3. The maximum Gasteiger partial charge on any atom is 0.156 e. The maximum atomic E-state index is 12.7. The van der Waals surface area contributed by atoms with E-state index < -0.39 is 0 Å². The summed E-state index contributed by atoms with van der Waals surface area (Å²) in [6.07, 6.45) is 10.6. The number of fused-ring (bicyclic) bond motifs is 4. The molecule has 0 amide bonds. The smallest absolute Gasteiger partial charge is 0.156 e. The standard InChI is InChI=1S/C31H41NO3/c1-20(34)28-14-15-29-26-12-8-22-18-24(35)11-13-25(22)30(26)27(19-31(28,29)2)21-6-9-23(10-7-21)32(3)16-4-5-17-33/h6-7,9-10,18,26-29,33H,4-5,8,11-17,19H2,1-3H3. The van der Waals surface area contributed by atoms with Crippen molar-refractivity contribution in [1.29, 1.82) is 0 Å². The second kappa shape index (κ2) is 9.69. The molecule has 1 N–H and O–H groups in total. The Balaban J connectivity index is 1.53. The van der Waals surface area contributed by atoms with Crippen molar-refractivity contribution in [3.8, 4) is 0 Å². The normalized spacial score (nSPS) is 32.0. The average molecular weight is 476 g/mol. The highest BCUT2D eigenvalue weighted by Gasteiger charge is 2.57. The highest BCUT2D eigenvalue weighted by molar-refractivity contribution is 5.93. The van der Waals surface area contributed by atoms with Gasteiger partial charge in [0, 0.05) is 44.1 Å². The Morgan fingerprint density at radius 2 is 1.86 bits per heavy atom. The molecule has 5 rings (SSSR count). The molecule has 4 nitrogen and oxygen atoms in total. The number of allylic oxidation sites excluding steroid dienone is 4. The van der Waals surface area contributed by atoms with E-state index in [2.05, 4.69) is 43.1 Å². The number of nitrogens with zero attached hydrogens (tertiary/aromatic N) is 1. The van der Waals surface area contributed by atoms with Crippen molar-refractivity contribution in [2.45, 2.75) is 77.6 Å². The molecule has 0 bridgehead atoms. The van der Waals surface area contributed by atoms with E-state index in [-0.39, 0.29) is 23.7 Å². The number of anilines is 1. The minimum atomic E-state index is 0.0523. The Bertz CT molecular complexity index is 1050. The number of benzene rings is 1. The second-order valence-electron chi connectivity index (χ2n) is 11.8. The number of carbonyl (C=O) groups is 2. The first-order chi connectivity index (χ1) is 16.8. The van der Waals surface area contributed by atoms with E-state index in [0.717, 1.165) is 57.9 Å². The van der Waals surface area contributed by atoms with Gasteiger partial charge in [-0.1, -0.05) is 24.6 Å². The summed E-state index contributed by atoms with van der Waals surface area (Å²) in [4.78, 5) is 27.2. The molecule has 0 spiro atoms. The van der Waals surface area contributed by atoms with E-state index in [4.69, 9.17) is 5.11 Å². The first kappa shape index (κ1) is 24.5. The molecule has 4 aliphatic rings. The number of aliphatic hydroxyl groups excluding tert-OH is 1. The van der Waals surface area contributed by atoms with Crippen LogP contribution in [0, 0.1) is 23.2 Å². The Hall–Kier alpha value is -2.20. The number of hydrogen-bond acceptors (Lipinski definition) is 4. The molecule has 4 heteroatoms. The first-order valence-electron chi connectivity index (χ1n) is 13.7. The molecule has 1 aromatic rings. The quantitative estimate of drug-likeness (QED) is 0.492. The largest absolute Gasteiger partial charge is 0.396 e. The molecular formula is C31H41NO3. The van der Waals surface area contributed by atoms with E-state index in [1.807, 2.05) is 6.08 Å². The predicted molar refractivity (Wildman–Crippen MR) is 140 cm³/mol. The number of ketones is 2. The molecule has 0 aliphatic heterocycles. The lowest BCUT2D eigenvalue weighted by atomic mass is 9.51. The van der Waals surface area contributed by atoms with Crippen molar-refractivity contribution in [3.05, 3.63) is 52.6 Å². The third kappa shape index (κ3) is 4.33. The molecule has 1 aromatic carbocycles. The zero-order valence-corrected chi connectivity index (χ0v) is 21.7. The summed E-state index contributed by atoms with van der Waals surface area (Å²) in [5.41, 5.74) is 6.99.